The second-order valence-corrected chi connectivity index (χ2v) is 4.27. The van der Waals surface area contributed by atoms with Crippen LogP contribution in [0.25, 0.3) is 0 Å². The number of rotatable bonds is 3. The van der Waals surface area contributed by atoms with E-state index in [-0.39, 0.29) is 23.8 Å². The van der Waals surface area contributed by atoms with Gasteiger partial charge >= 0.3 is 0 Å². The van der Waals surface area contributed by atoms with Crippen LogP contribution in [0.1, 0.15) is 26.2 Å². The van der Waals surface area contributed by atoms with Crippen LogP contribution in [0.15, 0.2) is 0 Å². The molecule has 2 N–H and O–H groups in total. The lowest BCUT2D eigenvalue weighted by molar-refractivity contribution is -0.129. The number of carbonyl (C=O) groups is 2. The first-order valence-electron chi connectivity index (χ1n) is 5.26. The van der Waals surface area contributed by atoms with E-state index in [4.69, 9.17) is 0 Å². The normalized spacial score (nSPS) is 28.4. The lowest BCUT2D eigenvalue weighted by Crippen LogP contribution is -2.42. The largest absolute Gasteiger partial charge is 0.354 e. The molecule has 2 atom stereocenters. The third-order valence-electron chi connectivity index (χ3n) is 3.11. The Hall–Kier alpha value is -1.06. The zero-order valence-electron chi connectivity index (χ0n) is 8.38. The molecule has 0 spiro atoms. The Bertz CT molecular complexity index is 261. The van der Waals surface area contributed by atoms with Gasteiger partial charge in [0.15, 0.2) is 0 Å². The van der Waals surface area contributed by atoms with Gasteiger partial charge in [-0.25, -0.2) is 0 Å². The van der Waals surface area contributed by atoms with Crippen LogP contribution in [0.4, 0.5) is 0 Å². The second-order valence-electron chi connectivity index (χ2n) is 4.27. The molecular formula is C10H16N2O2. The van der Waals surface area contributed by atoms with Crippen molar-refractivity contribution in [2.45, 2.75) is 32.2 Å². The molecule has 2 amide bonds. The second kappa shape index (κ2) is 3.59. The highest BCUT2D eigenvalue weighted by Crippen LogP contribution is 2.36. The van der Waals surface area contributed by atoms with Gasteiger partial charge in [-0.3, -0.25) is 9.59 Å². The molecular weight excluding hydrogens is 180 g/mol. The van der Waals surface area contributed by atoms with Gasteiger partial charge in [0.2, 0.25) is 11.8 Å². The van der Waals surface area contributed by atoms with Gasteiger partial charge in [-0.05, 0) is 25.2 Å². The van der Waals surface area contributed by atoms with Crippen LogP contribution in [0.3, 0.4) is 0 Å². The Balaban J connectivity index is 1.83. The fraction of sp³-hybridized carbons (Fsp3) is 0.800. The minimum absolute atomic E-state index is 0.0366. The molecule has 0 bridgehead atoms. The van der Waals surface area contributed by atoms with E-state index >= 15 is 0 Å². The molecule has 2 rings (SSSR count). The average Bonchev–Trinajstić information content (AvgIpc) is 2.92. The first kappa shape index (κ1) is 9.49. The van der Waals surface area contributed by atoms with Gasteiger partial charge < -0.3 is 10.6 Å². The molecule has 1 saturated heterocycles. The van der Waals surface area contributed by atoms with Crippen molar-refractivity contribution in [3.8, 4) is 0 Å². The summed E-state index contributed by atoms with van der Waals surface area (Å²) in [4.78, 5) is 22.8. The molecule has 4 heteroatoms. The summed E-state index contributed by atoms with van der Waals surface area (Å²) in [5, 5.41) is 5.50. The molecule has 0 aromatic rings. The van der Waals surface area contributed by atoms with Crippen molar-refractivity contribution in [3.63, 3.8) is 0 Å². The first-order valence-corrected chi connectivity index (χ1v) is 5.26. The fourth-order valence-corrected chi connectivity index (χ4v) is 1.85. The van der Waals surface area contributed by atoms with E-state index in [1.165, 1.54) is 0 Å². The highest BCUT2D eigenvalue weighted by atomic mass is 16.2. The molecule has 1 aliphatic carbocycles. The SMILES string of the molecule is CC(C(=O)NC1CCNC1=O)C1CC1. The summed E-state index contributed by atoms with van der Waals surface area (Å²) in [5.74, 6) is 0.624. The third kappa shape index (κ3) is 1.89. The number of hydrogen-bond acceptors (Lipinski definition) is 2. The molecule has 2 unspecified atom stereocenters. The van der Waals surface area contributed by atoms with Crippen LogP contribution in [0.5, 0.6) is 0 Å². The Kier molecular flexibility index (Phi) is 2.44. The maximum Gasteiger partial charge on any atom is 0.242 e. The third-order valence-corrected chi connectivity index (χ3v) is 3.11. The Morgan fingerprint density at radius 2 is 2.21 bits per heavy atom. The summed E-state index contributed by atoms with van der Waals surface area (Å²) in [6.07, 6.45) is 3.04. The van der Waals surface area contributed by atoms with E-state index in [1.54, 1.807) is 0 Å². The van der Waals surface area contributed by atoms with Crippen LogP contribution in [-0.2, 0) is 9.59 Å². The van der Waals surface area contributed by atoms with Crippen LogP contribution in [-0.4, -0.2) is 24.4 Å². The van der Waals surface area contributed by atoms with E-state index < -0.39 is 0 Å². The van der Waals surface area contributed by atoms with Crippen molar-refractivity contribution in [1.29, 1.82) is 0 Å². The molecule has 1 aliphatic heterocycles. The predicted octanol–water partition coefficient (Wildman–Crippen LogP) is 0.0372. The van der Waals surface area contributed by atoms with Gasteiger partial charge in [0.05, 0.1) is 0 Å². The van der Waals surface area contributed by atoms with Crippen LogP contribution in [0, 0.1) is 11.8 Å². The average molecular weight is 196 g/mol. The topological polar surface area (TPSA) is 58.2 Å². The lowest BCUT2D eigenvalue weighted by Gasteiger charge is -2.14. The summed E-state index contributed by atoms with van der Waals surface area (Å²) in [6.45, 7) is 2.63. The van der Waals surface area contributed by atoms with E-state index in [0.717, 1.165) is 19.3 Å². The monoisotopic (exact) mass is 196 g/mol. The zero-order valence-corrected chi connectivity index (χ0v) is 8.38. The van der Waals surface area contributed by atoms with Gasteiger partial charge in [0, 0.05) is 12.5 Å². The number of carbonyl (C=O) groups excluding carboxylic acids is 2. The molecule has 4 nitrogen and oxygen atoms in total. The highest BCUT2D eigenvalue weighted by molar-refractivity contribution is 5.89. The summed E-state index contributed by atoms with van der Waals surface area (Å²) < 4.78 is 0. The molecule has 2 fully saturated rings. The molecule has 78 valence electrons. The molecule has 0 aromatic carbocycles. The summed E-state index contributed by atoms with van der Waals surface area (Å²) in [5.41, 5.74) is 0. The quantitative estimate of drug-likeness (QED) is 0.669. The minimum Gasteiger partial charge on any atom is -0.354 e. The molecule has 2 aliphatic rings. The van der Waals surface area contributed by atoms with Crippen molar-refractivity contribution in [2.75, 3.05) is 6.54 Å². The van der Waals surface area contributed by atoms with Crippen molar-refractivity contribution >= 4 is 11.8 Å². The van der Waals surface area contributed by atoms with Crippen LogP contribution < -0.4 is 10.6 Å². The van der Waals surface area contributed by atoms with Crippen LogP contribution >= 0.6 is 0 Å². The van der Waals surface area contributed by atoms with E-state index in [1.807, 2.05) is 6.92 Å². The van der Waals surface area contributed by atoms with Gasteiger partial charge in [-0.15, -0.1) is 0 Å². The van der Waals surface area contributed by atoms with Gasteiger partial charge in [-0.2, -0.15) is 0 Å². The maximum atomic E-state index is 11.6. The highest BCUT2D eigenvalue weighted by Gasteiger charge is 2.35. The summed E-state index contributed by atoms with van der Waals surface area (Å²) in [6, 6.07) is -0.288. The number of hydrogen-bond donors (Lipinski definition) is 2. The standard InChI is InChI=1S/C10H16N2O2/c1-6(7-2-3-7)9(13)12-8-4-5-11-10(8)14/h6-8H,2-5H2,1H3,(H,11,14)(H,12,13). The van der Waals surface area contributed by atoms with Gasteiger partial charge in [-0.1, -0.05) is 6.92 Å². The molecule has 14 heavy (non-hydrogen) atoms. The van der Waals surface area contributed by atoms with E-state index in [9.17, 15) is 9.59 Å². The van der Waals surface area contributed by atoms with Crippen molar-refractivity contribution in [1.82, 2.24) is 10.6 Å². The minimum atomic E-state index is -0.288. The van der Waals surface area contributed by atoms with Crippen LogP contribution in [0.2, 0.25) is 0 Å². The van der Waals surface area contributed by atoms with Crippen molar-refractivity contribution in [3.05, 3.63) is 0 Å². The molecule has 1 saturated carbocycles. The van der Waals surface area contributed by atoms with Crippen molar-refractivity contribution in [2.24, 2.45) is 11.8 Å². The Labute approximate surface area is 83.4 Å². The molecule has 1 heterocycles. The Morgan fingerprint density at radius 1 is 1.50 bits per heavy atom. The van der Waals surface area contributed by atoms with E-state index in [2.05, 4.69) is 10.6 Å². The lowest BCUT2D eigenvalue weighted by atomic mass is 10.1. The number of amides is 2. The summed E-state index contributed by atoms with van der Waals surface area (Å²) in [7, 11) is 0. The summed E-state index contributed by atoms with van der Waals surface area (Å²) >= 11 is 0. The smallest absolute Gasteiger partial charge is 0.242 e. The van der Waals surface area contributed by atoms with Crippen molar-refractivity contribution < 1.29 is 9.59 Å². The maximum absolute atomic E-state index is 11.6. The van der Waals surface area contributed by atoms with E-state index in [0.29, 0.717) is 12.5 Å². The number of nitrogens with one attached hydrogen (secondary N) is 2. The van der Waals surface area contributed by atoms with Gasteiger partial charge in [0.1, 0.15) is 6.04 Å². The van der Waals surface area contributed by atoms with Gasteiger partial charge in [0.25, 0.3) is 0 Å². The Morgan fingerprint density at radius 3 is 2.71 bits per heavy atom. The fourth-order valence-electron chi connectivity index (χ4n) is 1.85. The zero-order chi connectivity index (χ0) is 10.1. The molecule has 0 radical (unpaired) electrons. The predicted molar refractivity (Wildman–Crippen MR) is 51.4 cm³/mol. The first-order chi connectivity index (χ1) is 6.68. The molecule has 0 aromatic heterocycles.